The molecule has 1 aliphatic heterocycles. The second-order valence-electron chi connectivity index (χ2n) is 5.11. The second-order valence-corrected chi connectivity index (χ2v) is 7.44. The van der Waals surface area contributed by atoms with Crippen molar-refractivity contribution in [3.05, 3.63) is 29.3 Å². The van der Waals surface area contributed by atoms with Crippen molar-refractivity contribution < 1.29 is 22.7 Å². The number of hydrogen-bond donors (Lipinski definition) is 1. The van der Waals surface area contributed by atoms with Gasteiger partial charge in [0.05, 0.1) is 11.3 Å². The Bertz CT molecular complexity index is 690. The molecule has 23 heavy (non-hydrogen) atoms. The summed E-state index contributed by atoms with van der Waals surface area (Å²) in [7, 11) is -3.81. The Balaban J connectivity index is 2.12. The predicted molar refractivity (Wildman–Crippen MR) is 83.1 cm³/mol. The molecule has 1 aromatic carbocycles. The zero-order chi connectivity index (χ0) is 17.0. The van der Waals surface area contributed by atoms with Gasteiger partial charge in [0, 0.05) is 11.6 Å². The molecule has 1 saturated heterocycles. The van der Waals surface area contributed by atoms with Crippen molar-refractivity contribution in [2.75, 3.05) is 13.2 Å². The van der Waals surface area contributed by atoms with Crippen molar-refractivity contribution in [1.82, 2.24) is 4.31 Å². The molecule has 0 radical (unpaired) electrons. The third-order valence-electron chi connectivity index (χ3n) is 3.49. The summed E-state index contributed by atoms with van der Waals surface area (Å²) in [5.74, 6) is -1.25. The number of rotatable bonds is 6. The quantitative estimate of drug-likeness (QED) is 0.759. The average molecular weight is 361 g/mol. The van der Waals surface area contributed by atoms with E-state index in [0.717, 1.165) is 4.31 Å². The number of halogens is 1. The highest BCUT2D eigenvalue weighted by molar-refractivity contribution is 7.89. The Labute approximate surface area is 139 Å². The average Bonchev–Trinajstić information content (AvgIpc) is 2.97. The maximum absolute atomic E-state index is 12.6. The number of nitrogens with zero attached hydrogens (tertiary/aromatic N) is 1. The molecule has 2 N–H and O–H groups in total. The van der Waals surface area contributed by atoms with Crippen molar-refractivity contribution in [3.8, 4) is 0 Å². The fourth-order valence-corrected chi connectivity index (χ4v) is 4.13. The molecule has 1 heterocycles. The molecule has 1 atom stereocenters. The van der Waals surface area contributed by atoms with Gasteiger partial charge in [-0.3, -0.25) is 9.59 Å². The SMILES string of the molecule is NC(=O)CCOC(=O)[C@@H]1CCCN1S(=O)(=O)c1ccc(Cl)cc1. The summed E-state index contributed by atoms with van der Waals surface area (Å²) in [4.78, 5) is 22.8. The van der Waals surface area contributed by atoms with Gasteiger partial charge in [-0.1, -0.05) is 11.6 Å². The van der Waals surface area contributed by atoms with Gasteiger partial charge in [0.15, 0.2) is 0 Å². The molecule has 0 saturated carbocycles. The van der Waals surface area contributed by atoms with Crippen LogP contribution in [0, 0.1) is 0 Å². The number of primary amides is 1. The summed E-state index contributed by atoms with van der Waals surface area (Å²) >= 11 is 5.76. The number of hydrogen-bond acceptors (Lipinski definition) is 5. The van der Waals surface area contributed by atoms with Gasteiger partial charge in [0.25, 0.3) is 0 Å². The number of benzene rings is 1. The maximum atomic E-state index is 12.6. The van der Waals surface area contributed by atoms with Crippen LogP contribution in [-0.4, -0.2) is 43.8 Å². The fraction of sp³-hybridized carbons (Fsp3) is 0.429. The van der Waals surface area contributed by atoms with Gasteiger partial charge in [-0.05, 0) is 37.1 Å². The molecule has 1 amide bonds. The highest BCUT2D eigenvalue weighted by Gasteiger charge is 2.40. The van der Waals surface area contributed by atoms with Crippen molar-refractivity contribution in [2.45, 2.75) is 30.2 Å². The number of esters is 1. The summed E-state index contributed by atoms with van der Waals surface area (Å²) < 4.78 is 31.4. The van der Waals surface area contributed by atoms with E-state index in [-0.39, 0.29) is 24.5 Å². The lowest BCUT2D eigenvalue weighted by Crippen LogP contribution is -2.41. The highest BCUT2D eigenvalue weighted by atomic mass is 35.5. The normalized spacial score (nSPS) is 18.7. The molecule has 2 rings (SSSR count). The maximum Gasteiger partial charge on any atom is 0.324 e. The van der Waals surface area contributed by atoms with Crippen LogP contribution in [0.1, 0.15) is 19.3 Å². The standard InChI is InChI=1S/C14H17ClN2O5S/c15-10-3-5-11(6-4-10)23(20,21)17-8-1-2-12(17)14(19)22-9-7-13(16)18/h3-6,12H,1-2,7-9H2,(H2,16,18)/t12-/m0/s1. The fourth-order valence-electron chi connectivity index (χ4n) is 2.35. The Kier molecular flexibility index (Phi) is 5.61. The molecule has 1 fully saturated rings. The lowest BCUT2D eigenvalue weighted by molar-refractivity contribution is -0.147. The lowest BCUT2D eigenvalue weighted by atomic mass is 10.2. The van der Waals surface area contributed by atoms with Gasteiger partial charge in [-0.15, -0.1) is 0 Å². The summed E-state index contributed by atoms with van der Waals surface area (Å²) in [5.41, 5.74) is 4.97. The number of carbonyl (C=O) groups is 2. The number of ether oxygens (including phenoxy) is 1. The van der Waals surface area contributed by atoms with Crippen molar-refractivity contribution in [2.24, 2.45) is 5.73 Å². The zero-order valence-electron chi connectivity index (χ0n) is 12.3. The summed E-state index contributed by atoms with van der Waals surface area (Å²) in [6.45, 7) is 0.0834. The first-order chi connectivity index (χ1) is 10.8. The summed E-state index contributed by atoms with van der Waals surface area (Å²) in [5, 5.41) is 0.424. The lowest BCUT2D eigenvalue weighted by Gasteiger charge is -2.22. The van der Waals surface area contributed by atoms with Crippen LogP contribution in [0.4, 0.5) is 0 Å². The largest absolute Gasteiger partial charge is 0.464 e. The molecule has 0 aromatic heterocycles. The second kappa shape index (κ2) is 7.29. The van der Waals surface area contributed by atoms with E-state index in [2.05, 4.69) is 0 Å². The number of nitrogens with two attached hydrogens (primary N) is 1. The van der Waals surface area contributed by atoms with Crippen molar-refractivity contribution in [1.29, 1.82) is 0 Å². The summed E-state index contributed by atoms with van der Waals surface area (Å²) in [6.07, 6.45) is 0.840. The molecule has 0 spiro atoms. The van der Waals surface area contributed by atoms with Crippen LogP contribution in [0.15, 0.2) is 29.2 Å². The van der Waals surface area contributed by atoms with Crippen LogP contribution in [0.25, 0.3) is 0 Å². The molecule has 126 valence electrons. The Morgan fingerprint density at radius 2 is 1.96 bits per heavy atom. The van der Waals surface area contributed by atoms with Crippen LogP contribution in [-0.2, 0) is 24.3 Å². The van der Waals surface area contributed by atoms with Crippen LogP contribution >= 0.6 is 11.6 Å². The molecule has 1 aliphatic rings. The van der Waals surface area contributed by atoms with Gasteiger partial charge in [0.2, 0.25) is 15.9 Å². The van der Waals surface area contributed by atoms with Gasteiger partial charge < -0.3 is 10.5 Å². The Morgan fingerprint density at radius 1 is 1.30 bits per heavy atom. The first-order valence-corrected chi connectivity index (χ1v) is 8.86. The van der Waals surface area contributed by atoms with E-state index in [0.29, 0.717) is 17.9 Å². The van der Waals surface area contributed by atoms with Crippen LogP contribution < -0.4 is 5.73 Å². The van der Waals surface area contributed by atoms with Crippen LogP contribution in [0.3, 0.4) is 0 Å². The minimum Gasteiger partial charge on any atom is -0.464 e. The molecular formula is C14H17ClN2O5S. The molecule has 0 unspecified atom stereocenters. The van der Waals surface area contributed by atoms with Crippen LogP contribution in [0.5, 0.6) is 0 Å². The number of amides is 1. The van der Waals surface area contributed by atoms with E-state index in [1.807, 2.05) is 0 Å². The molecule has 0 bridgehead atoms. The van der Waals surface area contributed by atoms with E-state index in [4.69, 9.17) is 22.1 Å². The smallest absolute Gasteiger partial charge is 0.324 e. The first-order valence-electron chi connectivity index (χ1n) is 7.05. The third kappa shape index (κ3) is 4.21. The molecular weight excluding hydrogens is 344 g/mol. The third-order valence-corrected chi connectivity index (χ3v) is 5.66. The minimum atomic E-state index is -3.81. The monoisotopic (exact) mass is 360 g/mol. The number of carbonyl (C=O) groups excluding carboxylic acids is 2. The molecule has 0 aliphatic carbocycles. The summed E-state index contributed by atoms with van der Waals surface area (Å²) in [6, 6.07) is 4.86. The topological polar surface area (TPSA) is 107 Å². The van der Waals surface area contributed by atoms with Crippen LogP contribution in [0.2, 0.25) is 5.02 Å². The zero-order valence-corrected chi connectivity index (χ0v) is 13.8. The first kappa shape index (κ1) is 17.7. The molecule has 1 aromatic rings. The highest BCUT2D eigenvalue weighted by Crippen LogP contribution is 2.27. The van der Waals surface area contributed by atoms with E-state index < -0.39 is 27.9 Å². The number of sulfonamides is 1. The van der Waals surface area contributed by atoms with Crippen molar-refractivity contribution >= 4 is 33.5 Å². The van der Waals surface area contributed by atoms with Crippen molar-refractivity contribution in [3.63, 3.8) is 0 Å². The van der Waals surface area contributed by atoms with Gasteiger partial charge >= 0.3 is 5.97 Å². The van der Waals surface area contributed by atoms with E-state index in [1.54, 1.807) is 0 Å². The van der Waals surface area contributed by atoms with Gasteiger partial charge in [-0.25, -0.2) is 8.42 Å². The van der Waals surface area contributed by atoms with E-state index >= 15 is 0 Å². The predicted octanol–water partition coefficient (Wildman–Crippen LogP) is 0.912. The van der Waals surface area contributed by atoms with E-state index in [9.17, 15) is 18.0 Å². The minimum absolute atomic E-state index is 0.0683. The molecule has 9 heteroatoms. The molecule has 7 nitrogen and oxygen atoms in total. The van der Waals surface area contributed by atoms with Gasteiger partial charge in [-0.2, -0.15) is 4.31 Å². The Hall–Kier alpha value is -1.64. The van der Waals surface area contributed by atoms with E-state index in [1.165, 1.54) is 24.3 Å². The Morgan fingerprint density at radius 3 is 2.57 bits per heavy atom. The van der Waals surface area contributed by atoms with Gasteiger partial charge in [0.1, 0.15) is 12.6 Å².